The number of pyridine rings is 1. The van der Waals surface area contributed by atoms with Gasteiger partial charge in [0.05, 0.1) is 5.75 Å². The fraction of sp³-hybridized carbons (Fsp3) is 0.667. The van der Waals surface area contributed by atoms with E-state index in [4.69, 9.17) is 0 Å². The minimum atomic E-state index is -3.16. The van der Waals surface area contributed by atoms with E-state index in [1.807, 2.05) is 26.1 Å². The Kier molecular flexibility index (Phi) is 7.38. The molecule has 0 atom stereocenters. The number of sulfonamides is 1. The van der Waals surface area contributed by atoms with E-state index in [1.54, 1.807) is 21.6 Å². The van der Waals surface area contributed by atoms with Crippen molar-refractivity contribution >= 4 is 15.9 Å². The van der Waals surface area contributed by atoms with Gasteiger partial charge in [-0.15, -0.1) is 0 Å². The molecule has 0 spiro atoms. The van der Waals surface area contributed by atoms with Gasteiger partial charge in [-0.3, -0.25) is 9.78 Å². The maximum absolute atomic E-state index is 12.6. The first-order valence-corrected chi connectivity index (χ1v) is 10.7. The number of carbonyl (C=O) groups excluding carboxylic acids is 1. The largest absolute Gasteiger partial charge is 0.345 e. The van der Waals surface area contributed by atoms with Gasteiger partial charge in [-0.1, -0.05) is 13.3 Å². The van der Waals surface area contributed by atoms with Crippen LogP contribution in [0.1, 0.15) is 38.2 Å². The average Bonchev–Trinajstić information content (AvgIpc) is 2.65. The lowest BCUT2D eigenvalue weighted by molar-refractivity contribution is -0.135. The molecule has 0 saturated carbocycles. The molecule has 1 amide bonds. The number of likely N-dealkylation sites (N-methyl/N-ethyl adjacent to an activating group) is 1. The number of carbonyl (C=O) groups is 1. The summed E-state index contributed by atoms with van der Waals surface area (Å²) in [6.45, 7) is 3.57. The summed E-state index contributed by atoms with van der Waals surface area (Å²) >= 11 is 0. The molecule has 140 valence electrons. The number of amides is 1. The fourth-order valence-corrected chi connectivity index (χ4v) is 4.78. The highest BCUT2D eigenvalue weighted by Gasteiger charge is 2.31. The smallest absolute Gasteiger partial charge is 0.225 e. The van der Waals surface area contributed by atoms with Gasteiger partial charge in [0.2, 0.25) is 15.9 Å². The van der Waals surface area contributed by atoms with Crippen molar-refractivity contribution in [2.45, 2.75) is 39.0 Å². The van der Waals surface area contributed by atoms with Crippen LogP contribution >= 0.6 is 0 Å². The van der Waals surface area contributed by atoms with E-state index in [0.717, 1.165) is 18.4 Å². The van der Waals surface area contributed by atoms with E-state index in [2.05, 4.69) is 4.98 Å². The van der Waals surface area contributed by atoms with Crippen molar-refractivity contribution < 1.29 is 13.2 Å². The Labute approximate surface area is 151 Å². The fourth-order valence-electron chi connectivity index (χ4n) is 3.10. The summed E-state index contributed by atoms with van der Waals surface area (Å²) in [5.41, 5.74) is 1.16. The minimum Gasteiger partial charge on any atom is -0.345 e. The van der Waals surface area contributed by atoms with E-state index < -0.39 is 10.0 Å². The Hall–Kier alpha value is -1.47. The lowest BCUT2D eigenvalue weighted by Gasteiger charge is -2.32. The lowest BCUT2D eigenvalue weighted by Crippen LogP contribution is -2.44. The molecule has 0 unspecified atom stereocenters. The van der Waals surface area contributed by atoms with Gasteiger partial charge in [0.1, 0.15) is 0 Å². The zero-order valence-electron chi connectivity index (χ0n) is 15.2. The van der Waals surface area contributed by atoms with E-state index in [1.165, 1.54) is 0 Å². The summed E-state index contributed by atoms with van der Waals surface area (Å²) in [6.07, 6.45) is 7.11. The van der Waals surface area contributed by atoms with Gasteiger partial charge in [-0.25, -0.2) is 12.7 Å². The quantitative estimate of drug-likeness (QED) is 0.704. The van der Waals surface area contributed by atoms with Crippen molar-refractivity contribution in [2.24, 2.45) is 5.92 Å². The number of piperidine rings is 1. The monoisotopic (exact) mass is 367 g/mol. The van der Waals surface area contributed by atoms with Crippen molar-refractivity contribution in [1.29, 1.82) is 0 Å². The Morgan fingerprint density at radius 3 is 2.52 bits per heavy atom. The molecule has 2 heterocycles. The summed E-state index contributed by atoms with van der Waals surface area (Å²) in [5.74, 6) is 0.272. The van der Waals surface area contributed by atoms with Gasteiger partial charge in [0.15, 0.2) is 0 Å². The van der Waals surface area contributed by atoms with E-state index >= 15 is 0 Å². The molecule has 0 bridgehead atoms. The van der Waals surface area contributed by atoms with E-state index in [0.29, 0.717) is 38.9 Å². The molecule has 1 fully saturated rings. The van der Waals surface area contributed by atoms with E-state index in [-0.39, 0.29) is 17.6 Å². The van der Waals surface area contributed by atoms with Crippen LogP contribution in [-0.2, 0) is 21.2 Å². The van der Waals surface area contributed by atoms with Crippen LogP contribution in [0.25, 0.3) is 0 Å². The third-order valence-corrected chi connectivity index (χ3v) is 6.77. The summed E-state index contributed by atoms with van der Waals surface area (Å²) in [5, 5.41) is 0. The van der Waals surface area contributed by atoms with Crippen LogP contribution in [0, 0.1) is 5.92 Å². The van der Waals surface area contributed by atoms with Crippen molar-refractivity contribution in [3.05, 3.63) is 30.1 Å². The molecule has 7 heteroatoms. The minimum absolute atomic E-state index is 0.0694. The van der Waals surface area contributed by atoms with Gasteiger partial charge in [-0.2, -0.15) is 0 Å². The maximum Gasteiger partial charge on any atom is 0.225 e. The molecule has 1 aromatic heterocycles. The highest BCUT2D eigenvalue weighted by molar-refractivity contribution is 7.89. The van der Waals surface area contributed by atoms with Gasteiger partial charge in [0, 0.05) is 45.0 Å². The summed E-state index contributed by atoms with van der Waals surface area (Å²) in [7, 11) is -1.33. The van der Waals surface area contributed by atoms with Crippen molar-refractivity contribution in [3.8, 4) is 0 Å². The lowest BCUT2D eigenvalue weighted by atomic mass is 9.96. The van der Waals surface area contributed by atoms with Gasteiger partial charge in [0.25, 0.3) is 0 Å². The molecule has 25 heavy (non-hydrogen) atoms. The second kappa shape index (κ2) is 9.29. The SMILES string of the molecule is CCCCS(=O)(=O)N1CCC(C(=O)N(C)CCc2ccncc2)CC1. The third kappa shape index (κ3) is 5.78. The molecule has 0 N–H and O–H groups in total. The molecule has 1 aliphatic heterocycles. The predicted molar refractivity (Wildman–Crippen MR) is 98.6 cm³/mol. The molecular formula is C18H29N3O3S. The van der Waals surface area contributed by atoms with Crippen LogP contribution in [0.3, 0.4) is 0 Å². The number of aromatic nitrogens is 1. The van der Waals surface area contributed by atoms with E-state index in [9.17, 15) is 13.2 Å². The summed E-state index contributed by atoms with van der Waals surface area (Å²) in [6, 6.07) is 3.91. The topological polar surface area (TPSA) is 70.6 Å². The molecule has 6 nitrogen and oxygen atoms in total. The van der Waals surface area contributed by atoms with Crippen LogP contribution in [0.2, 0.25) is 0 Å². The Balaban J connectivity index is 1.80. The zero-order chi connectivity index (χ0) is 18.3. The second-order valence-corrected chi connectivity index (χ2v) is 8.80. The van der Waals surface area contributed by atoms with Crippen LogP contribution in [-0.4, -0.2) is 60.9 Å². The van der Waals surface area contributed by atoms with Crippen molar-refractivity contribution in [3.63, 3.8) is 0 Å². The third-order valence-electron chi connectivity index (χ3n) is 4.81. The Morgan fingerprint density at radius 2 is 1.92 bits per heavy atom. The van der Waals surface area contributed by atoms with Crippen LogP contribution in [0.15, 0.2) is 24.5 Å². The van der Waals surface area contributed by atoms with Gasteiger partial charge < -0.3 is 4.90 Å². The standard InChI is InChI=1S/C18H29N3O3S/c1-3-4-15-25(23,24)21-13-8-17(9-14-21)18(22)20(2)12-7-16-5-10-19-11-6-16/h5-6,10-11,17H,3-4,7-9,12-15H2,1-2H3. The molecular weight excluding hydrogens is 338 g/mol. The van der Waals surface area contributed by atoms with Gasteiger partial charge in [-0.05, 0) is 43.4 Å². The second-order valence-electron chi connectivity index (χ2n) is 6.71. The predicted octanol–water partition coefficient (Wildman–Crippen LogP) is 1.92. The summed E-state index contributed by atoms with van der Waals surface area (Å²) < 4.78 is 26.0. The molecule has 1 aromatic rings. The number of nitrogens with zero attached hydrogens (tertiary/aromatic N) is 3. The maximum atomic E-state index is 12.6. The highest BCUT2D eigenvalue weighted by Crippen LogP contribution is 2.22. The number of hydrogen-bond donors (Lipinski definition) is 0. The molecule has 2 rings (SSSR count). The van der Waals surface area contributed by atoms with Crippen LogP contribution in [0.4, 0.5) is 0 Å². The first kappa shape index (κ1) is 19.8. The number of hydrogen-bond acceptors (Lipinski definition) is 4. The molecule has 0 aromatic carbocycles. The zero-order valence-corrected chi connectivity index (χ0v) is 16.0. The van der Waals surface area contributed by atoms with Crippen LogP contribution < -0.4 is 0 Å². The van der Waals surface area contributed by atoms with Crippen molar-refractivity contribution in [1.82, 2.24) is 14.2 Å². The first-order chi connectivity index (χ1) is 11.9. The highest BCUT2D eigenvalue weighted by atomic mass is 32.2. The molecule has 1 aliphatic rings. The Bertz CT molecular complexity index is 641. The number of unbranched alkanes of at least 4 members (excludes halogenated alkanes) is 1. The average molecular weight is 368 g/mol. The summed E-state index contributed by atoms with van der Waals surface area (Å²) in [4.78, 5) is 18.4. The molecule has 1 saturated heterocycles. The number of rotatable bonds is 8. The molecule has 0 aliphatic carbocycles. The molecule has 0 radical (unpaired) electrons. The van der Waals surface area contributed by atoms with Crippen molar-refractivity contribution in [2.75, 3.05) is 32.4 Å². The van der Waals surface area contributed by atoms with Gasteiger partial charge >= 0.3 is 0 Å². The first-order valence-electron chi connectivity index (χ1n) is 9.05. The Morgan fingerprint density at radius 1 is 1.28 bits per heavy atom. The van der Waals surface area contributed by atoms with Crippen LogP contribution in [0.5, 0.6) is 0 Å². The normalized spacial score (nSPS) is 16.7.